The maximum Gasteiger partial charge on any atom is 0.137 e. The van der Waals surface area contributed by atoms with Gasteiger partial charge in [-0.2, -0.15) is 5.26 Å². The molecule has 0 saturated heterocycles. The number of halogens is 1. The number of anilines is 1. The molecule has 3 aromatic rings. The summed E-state index contributed by atoms with van der Waals surface area (Å²) in [7, 11) is 0. The predicted octanol–water partition coefficient (Wildman–Crippen LogP) is 2.71. The summed E-state index contributed by atoms with van der Waals surface area (Å²) in [6.45, 7) is 0. The highest BCUT2D eigenvalue weighted by Gasteiger charge is 2.12. The molecule has 0 spiro atoms. The van der Waals surface area contributed by atoms with Gasteiger partial charge in [0.2, 0.25) is 0 Å². The Balaban J connectivity index is 2.06. The molecule has 3 rings (SSSR count). The summed E-state index contributed by atoms with van der Waals surface area (Å²) in [6, 6.07) is 12.1. The van der Waals surface area contributed by atoms with Crippen LogP contribution in [0.1, 0.15) is 17.0 Å². The monoisotopic (exact) mass is 280 g/mol. The summed E-state index contributed by atoms with van der Waals surface area (Å²) >= 11 is 0. The van der Waals surface area contributed by atoms with Crippen LogP contribution >= 0.6 is 0 Å². The van der Waals surface area contributed by atoms with E-state index in [0.29, 0.717) is 12.1 Å². The normalized spacial score (nSPS) is 10.7. The van der Waals surface area contributed by atoms with E-state index in [9.17, 15) is 4.39 Å². The topological polar surface area (TPSA) is 67.1 Å². The fraction of sp³-hybridized carbons (Fsp3) is 0.125. The zero-order chi connectivity index (χ0) is 14.8. The Bertz CT molecular complexity index is 828. The van der Waals surface area contributed by atoms with Crippen LogP contribution < -0.4 is 5.73 Å². The summed E-state index contributed by atoms with van der Waals surface area (Å²) in [6.07, 6.45) is 2.57. The number of nitrogen functional groups attached to an aromatic ring is 1. The standard InChI is InChI=1S/C16H13FN4/c17-12-3-1-11(2-4-12)9-14-15(7-8-18)21-10-13(19)5-6-16(21)20-14/h1-6,10H,7,9,19H2. The van der Waals surface area contributed by atoms with Crippen LogP contribution in [0.2, 0.25) is 0 Å². The number of nitrogens with zero attached hydrogens (tertiary/aromatic N) is 3. The van der Waals surface area contributed by atoms with E-state index in [1.807, 2.05) is 10.5 Å². The van der Waals surface area contributed by atoms with E-state index in [1.54, 1.807) is 24.4 Å². The molecule has 1 aromatic carbocycles. The SMILES string of the molecule is N#CCc1c(Cc2ccc(F)cc2)nc2ccc(N)cn12. The molecule has 0 aliphatic rings. The van der Waals surface area contributed by atoms with Gasteiger partial charge in [0.15, 0.2) is 0 Å². The van der Waals surface area contributed by atoms with E-state index >= 15 is 0 Å². The molecular weight excluding hydrogens is 267 g/mol. The number of aromatic nitrogens is 2. The molecule has 0 atom stereocenters. The number of nitrogens with two attached hydrogens (primary N) is 1. The highest BCUT2D eigenvalue weighted by molar-refractivity contribution is 5.51. The molecule has 0 radical (unpaired) electrons. The number of nitriles is 1. The third kappa shape index (κ3) is 2.56. The largest absolute Gasteiger partial charge is 0.398 e. The van der Waals surface area contributed by atoms with E-state index in [2.05, 4.69) is 11.1 Å². The summed E-state index contributed by atoms with van der Waals surface area (Å²) < 4.78 is 14.8. The van der Waals surface area contributed by atoms with Crippen LogP contribution in [0.3, 0.4) is 0 Å². The van der Waals surface area contributed by atoms with Gasteiger partial charge in [-0.1, -0.05) is 12.1 Å². The average molecular weight is 280 g/mol. The Kier molecular flexibility index (Phi) is 3.28. The van der Waals surface area contributed by atoms with Gasteiger partial charge in [-0.05, 0) is 29.8 Å². The predicted molar refractivity (Wildman–Crippen MR) is 78.1 cm³/mol. The molecule has 0 aliphatic heterocycles. The Morgan fingerprint density at radius 1 is 1.19 bits per heavy atom. The Morgan fingerprint density at radius 3 is 2.67 bits per heavy atom. The van der Waals surface area contributed by atoms with Crippen LogP contribution in [0.15, 0.2) is 42.6 Å². The lowest BCUT2D eigenvalue weighted by molar-refractivity contribution is 0.627. The molecule has 21 heavy (non-hydrogen) atoms. The summed E-state index contributed by atoms with van der Waals surface area (Å²) in [5, 5.41) is 9.02. The van der Waals surface area contributed by atoms with Crippen LogP contribution in [0.5, 0.6) is 0 Å². The number of fused-ring (bicyclic) bond motifs is 1. The third-order valence-electron chi connectivity index (χ3n) is 3.35. The highest BCUT2D eigenvalue weighted by atomic mass is 19.1. The average Bonchev–Trinajstić information content (AvgIpc) is 2.79. The highest BCUT2D eigenvalue weighted by Crippen LogP contribution is 2.19. The first-order valence-corrected chi connectivity index (χ1v) is 6.54. The van der Waals surface area contributed by atoms with Crippen molar-refractivity contribution in [1.29, 1.82) is 5.26 Å². The third-order valence-corrected chi connectivity index (χ3v) is 3.35. The van der Waals surface area contributed by atoms with Gasteiger partial charge in [0, 0.05) is 18.3 Å². The summed E-state index contributed by atoms with van der Waals surface area (Å²) in [5.74, 6) is -0.265. The van der Waals surface area contributed by atoms with Crippen molar-refractivity contribution in [1.82, 2.24) is 9.38 Å². The molecule has 4 nitrogen and oxygen atoms in total. The molecule has 5 heteroatoms. The van der Waals surface area contributed by atoms with Gasteiger partial charge in [-0.15, -0.1) is 0 Å². The fourth-order valence-corrected chi connectivity index (χ4v) is 2.36. The molecular formula is C16H13FN4. The smallest absolute Gasteiger partial charge is 0.137 e. The van der Waals surface area contributed by atoms with Gasteiger partial charge in [-0.3, -0.25) is 0 Å². The molecule has 0 saturated carbocycles. The molecule has 0 fully saturated rings. The lowest BCUT2D eigenvalue weighted by atomic mass is 10.1. The van der Waals surface area contributed by atoms with Gasteiger partial charge in [-0.25, -0.2) is 9.37 Å². The fourth-order valence-electron chi connectivity index (χ4n) is 2.36. The van der Waals surface area contributed by atoms with E-state index in [-0.39, 0.29) is 12.2 Å². The van der Waals surface area contributed by atoms with Crippen molar-refractivity contribution in [3.63, 3.8) is 0 Å². The number of hydrogen-bond acceptors (Lipinski definition) is 3. The van der Waals surface area contributed by atoms with E-state index in [4.69, 9.17) is 11.0 Å². The van der Waals surface area contributed by atoms with Crippen molar-refractivity contribution in [2.24, 2.45) is 0 Å². The van der Waals surface area contributed by atoms with Crippen LogP contribution in [-0.4, -0.2) is 9.38 Å². The van der Waals surface area contributed by atoms with Crippen LogP contribution in [0.25, 0.3) is 5.65 Å². The first-order chi connectivity index (χ1) is 10.2. The van der Waals surface area contributed by atoms with Gasteiger partial charge in [0.1, 0.15) is 11.5 Å². The Morgan fingerprint density at radius 2 is 1.95 bits per heavy atom. The van der Waals surface area contributed by atoms with Crippen molar-refractivity contribution in [3.8, 4) is 6.07 Å². The van der Waals surface area contributed by atoms with Gasteiger partial charge >= 0.3 is 0 Å². The summed E-state index contributed by atoms with van der Waals surface area (Å²) in [5.41, 5.74) is 9.76. The van der Waals surface area contributed by atoms with Crippen molar-refractivity contribution in [2.45, 2.75) is 12.8 Å². The molecule has 2 heterocycles. The second kappa shape index (κ2) is 5.25. The van der Waals surface area contributed by atoms with Crippen molar-refractivity contribution in [3.05, 3.63) is 65.4 Å². The minimum atomic E-state index is -0.265. The number of hydrogen-bond donors (Lipinski definition) is 1. The van der Waals surface area contributed by atoms with Crippen molar-refractivity contribution < 1.29 is 4.39 Å². The lowest BCUT2D eigenvalue weighted by Crippen LogP contribution is -1.98. The first kappa shape index (κ1) is 13.1. The molecule has 0 aliphatic carbocycles. The summed E-state index contributed by atoms with van der Waals surface area (Å²) in [4.78, 5) is 4.55. The number of pyridine rings is 1. The maximum absolute atomic E-state index is 13.0. The maximum atomic E-state index is 13.0. The van der Waals surface area contributed by atoms with Gasteiger partial charge in [0.25, 0.3) is 0 Å². The van der Waals surface area contributed by atoms with E-state index in [1.165, 1.54) is 12.1 Å². The van der Waals surface area contributed by atoms with Gasteiger partial charge in [0.05, 0.1) is 23.9 Å². The van der Waals surface area contributed by atoms with Crippen LogP contribution in [0, 0.1) is 17.1 Å². The van der Waals surface area contributed by atoms with Crippen LogP contribution in [0.4, 0.5) is 10.1 Å². The Labute approximate surface area is 121 Å². The second-order valence-electron chi connectivity index (χ2n) is 4.83. The quantitative estimate of drug-likeness (QED) is 0.802. The molecule has 2 N–H and O–H groups in total. The number of rotatable bonds is 3. The van der Waals surface area contributed by atoms with Gasteiger partial charge < -0.3 is 10.1 Å². The molecule has 2 aromatic heterocycles. The van der Waals surface area contributed by atoms with Crippen molar-refractivity contribution in [2.75, 3.05) is 5.73 Å². The van der Waals surface area contributed by atoms with E-state index in [0.717, 1.165) is 22.6 Å². The lowest BCUT2D eigenvalue weighted by Gasteiger charge is -2.02. The molecule has 0 bridgehead atoms. The van der Waals surface area contributed by atoms with Crippen LogP contribution in [-0.2, 0) is 12.8 Å². The zero-order valence-corrected chi connectivity index (χ0v) is 11.3. The minimum Gasteiger partial charge on any atom is -0.398 e. The first-order valence-electron chi connectivity index (χ1n) is 6.54. The molecule has 104 valence electrons. The Hall–Kier alpha value is -2.87. The zero-order valence-electron chi connectivity index (χ0n) is 11.3. The molecule has 0 amide bonds. The molecule has 0 unspecified atom stereocenters. The number of imidazole rings is 1. The number of benzene rings is 1. The van der Waals surface area contributed by atoms with Crippen molar-refractivity contribution >= 4 is 11.3 Å². The minimum absolute atomic E-state index is 0.251. The second-order valence-corrected chi connectivity index (χ2v) is 4.83. The van der Waals surface area contributed by atoms with E-state index < -0.39 is 0 Å².